The van der Waals surface area contributed by atoms with E-state index in [2.05, 4.69) is 0 Å². The van der Waals surface area contributed by atoms with Crippen molar-refractivity contribution in [3.8, 4) is 0 Å². The van der Waals surface area contributed by atoms with Crippen molar-refractivity contribution in [1.82, 2.24) is 5.48 Å². The van der Waals surface area contributed by atoms with Gasteiger partial charge in [-0.15, -0.1) is 0 Å². The van der Waals surface area contributed by atoms with Gasteiger partial charge in [0, 0.05) is 0 Å². The molecule has 0 aliphatic heterocycles. The minimum absolute atomic E-state index is 0.222. The maximum absolute atomic E-state index is 14.0. The van der Waals surface area contributed by atoms with Crippen LogP contribution in [-0.2, 0) is 21.6 Å². The van der Waals surface area contributed by atoms with Gasteiger partial charge in [-0.1, -0.05) is 24.3 Å². The van der Waals surface area contributed by atoms with E-state index >= 15 is 0 Å². The number of ether oxygens (including phenoxy) is 1. The Hall–Kier alpha value is -2.31. The highest BCUT2D eigenvalue weighted by molar-refractivity contribution is 5.88. The number of carbonyl (C=O) groups is 1. The van der Waals surface area contributed by atoms with Crippen LogP contribution in [0, 0.1) is 18.6 Å². The fraction of sp³-hybridized carbons (Fsp3) is 0.350. The van der Waals surface area contributed by atoms with Gasteiger partial charge in [0.2, 0.25) is 0 Å². The van der Waals surface area contributed by atoms with Crippen molar-refractivity contribution < 1.29 is 23.5 Å². The van der Waals surface area contributed by atoms with Crippen molar-refractivity contribution in [1.29, 1.82) is 0 Å². The predicted molar refractivity (Wildman–Crippen MR) is 91.6 cm³/mol. The van der Waals surface area contributed by atoms with E-state index in [0.29, 0.717) is 37.0 Å². The maximum Gasteiger partial charge on any atom is 0.254 e. The second-order valence-corrected chi connectivity index (χ2v) is 6.74. The van der Waals surface area contributed by atoms with Crippen LogP contribution in [-0.4, -0.2) is 17.2 Å². The Morgan fingerprint density at radius 2 is 2.00 bits per heavy atom. The summed E-state index contributed by atoms with van der Waals surface area (Å²) in [6.07, 6.45) is 1.16. The largest absolute Gasteiger partial charge is 0.373 e. The molecule has 0 radical (unpaired) electrons. The molecule has 1 amide bonds. The van der Waals surface area contributed by atoms with Crippen LogP contribution < -0.4 is 5.48 Å². The first kappa shape index (κ1) is 18.5. The lowest BCUT2D eigenvalue weighted by atomic mass is 9.76. The van der Waals surface area contributed by atoms with Gasteiger partial charge in [-0.3, -0.25) is 10.0 Å². The van der Waals surface area contributed by atoms with E-state index in [1.165, 1.54) is 18.2 Å². The molecule has 1 aliphatic rings. The van der Waals surface area contributed by atoms with Crippen LogP contribution in [0.15, 0.2) is 42.5 Å². The number of halogens is 2. The summed E-state index contributed by atoms with van der Waals surface area (Å²) < 4.78 is 32.9. The molecule has 1 aliphatic carbocycles. The lowest BCUT2D eigenvalue weighted by molar-refractivity contribution is -0.135. The molecule has 0 heterocycles. The van der Waals surface area contributed by atoms with Crippen molar-refractivity contribution in [2.75, 3.05) is 0 Å². The smallest absolute Gasteiger partial charge is 0.254 e. The summed E-state index contributed by atoms with van der Waals surface area (Å²) in [5, 5.41) is 9.23. The Kier molecular flexibility index (Phi) is 5.34. The summed E-state index contributed by atoms with van der Waals surface area (Å²) >= 11 is 0. The van der Waals surface area contributed by atoms with E-state index in [9.17, 15) is 18.8 Å². The molecule has 0 unspecified atom stereocenters. The normalized spacial score (nSPS) is 22.4. The quantitative estimate of drug-likeness (QED) is 0.629. The minimum Gasteiger partial charge on any atom is -0.373 e. The van der Waals surface area contributed by atoms with Gasteiger partial charge in [-0.05, 0) is 61.1 Å². The number of rotatable bonds is 5. The summed E-state index contributed by atoms with van der Waals surface area (Å²) in [7, 11) is 0. The molecule has 3 rings (SSSR count). The number of hydrogen-bond donors (Lipinski definition) is 2. The number of benzene rings is 2. The molecule has 0 aromatic heterocycles. The van der Waals surface area contributed by atoms with Gasteiger partial charge < -0.3 is 4.74 Å². The zero-order valence-electron chi connectivity index (χ0n) is 14.5. The van der Waals surface area contributed by atoms with E-state index in [-0.39, 0.29) is 17.7 Å². The Bertz CT molecular complexity index is 794. The molecule has 4 nitrogen and oxygen atoms in total. The standard InChI is InChI=1S/C20H21F2NO3/c1-13-17(3-2-4-18(13)22)20(19(24)23-25)10-9-16(11-20)26-12-14-5-7-15(21)8-6-14/h2-8,16,25H,9-12H2,1H3,(H,23,24)/t16-,20-/m0/s1. The molecule has 1 saturated carbocycles. The predicted octanol–water partition coefficient (Wildman–Crippen LogP) is 3.79. The molecule has 2 atom stereocenters. The molecule has 0 bridgehead atoms. The van der Waals surface area contributed by atoms with Crippen LogP contribution >= 0.6 is 0 Å². The van der Waals surface area contributed by atoms with Gasteiger partial charge in [0.1, 0.15) is 11.6 Å². The zero-order valence-corrected chi connectivity index (χ0v) is 14.5. The van der Waals surface area contributed by atoms with Crippen molar-refractivity contribution in [2.45, 2.75) is 44.3 Å². The van der Waals surface area contributed by atoms with Gasteiger partial charge in [-0.25, -0.2) is 14.3 Å². The Morgan fingerprint density at radius 1 is 1.27 bits per heavy atom. The Labute approximate surface area is 150 Å². The number of hydrogen-bond acceptors (Lipinski definition) is 3. The van der Waals surface area contributed by atoms with E-state index in [1.54, 1.807) is 36.7 Å². The number of nitrogens with one attached hydrogen (secondary N) is 1. The van der Waals surface area contributed by atoms with Gasteiger partial charge >= 0.3 is 0 Å². The fourth-order valence-corrected chi connectivity index (χ4v) is 3.74. The lowest BCUT2D eigenvalue weighted by Crippen LogP contribution is -2.42. The molecule has 2 N–H and O–H groups in total. The third-order valence-corrected chi connectivity index (χ3v) is 5.19. The minimum atomic E-state index is -1.03. The van der Waals surface area contributed by atoms with Crippen molar-refractivity contribution in [3.05, 3.63) is 70.8 Å². The fourth-order valence-electron chi connectivity index (χ4n) is 3.74. The van der Waals surface area contributed by atoms with Crippen LogP contribution in [0.5, 0.6) is 0 Å². The van der Waals surface area contributed by atoms with Gasteiger partial charge in [0.15, 0.2) is 0 Å². The highest BCUT2D eigenvalue weighted by atomic mass is 19.1. The summed E-state index contributed by atoms with van der Waals surface area (Å²) in [5.74, 6) is -1.25. The molecule has 2 aromatic rings. The van der Waals surface area contributed by atoms with Gasteiger partial charge in [0.05, 0.1) is 18.1 Å². The first-order chi connectivity index (χ1) is 12.5. The van der Waals surface area contributed by atoms with E-state index in [1.807, 2.05) is 0 Å². The van der Waals surface area contributed by atoms with Crippen LogP contribution in [0.4, 0.5) is 8.78 Å². The average molecular weight is 361 g/mol. The first-order valence-electron chi connectivity index (χ1n) is 8.52. The maximum atomic E-state index is 14.0. The van der Waals surface area contributed by atoms with Crippen molar-refractivity contribution in [2.24, 2.45) is 0 Å². The van der Waals surface area contributed by atoms with Crippen molar-refractivity contribution in [3.63, 3.8) is 0 Å². The van der Waals surface area contributed by atoms with E-state index in [0.717, 1.165) is 5.56 Å². The van der Waals surface area contributed by atoms with Crippen LogP contribution in [0.2, 0.25) is 0 Å². The molecule has 2 aromatic carbocycles. The van der Waals surface area contributed by atoms with Crippen molar-refractivity contribution >= 4 is 5.91 Å². The highest BCUT2D eigenvalue weighted by Gasteiger charge is 2.48. The SMILES string of the molecule is Cc1c(F)cccc1[C@]1(C(=O)NO)CC[C@H](OCc2ccc(F)cc2)C1. The summed E-state index contributed by atoms with van der Waals surface area (Å²) in [6.45, 7) is 1.92. The summed E-state index contributed by atoms with van der Waals surface area (Å²) in [5.41, 5.74) is 2.50. The van der Waals surface area contributed by atoms with Gasteiger partial charge in [0.25, 0.3) is 5.91 Å². The molecule has 0 spiro atoms. The lowest BCUT2D eigenvalue weighted by Gasteiger charge is -2.29. The molecule has 26 heavy (non-hydrogen) atoms. The molecular weight excluding hydrogens is 340 g/mol. The molecular formula is C20H21F2NO3. The van der Waals surface area contributed by atoms with Crippen LogP contribution in [0.1, 0.15) is 36.0 Å². The van der Waals surface area contributed by atoms with Gasteiger partial charge in [-0.2, -0.15) is 0 Å². The van der Waals surface area contributed by atoms with Crippen LogP contribution in [0.3, 0.4) is 0 Å². The molecule has 138 valence electrons. The second-order valence-electron chi connectivity index (χ2n) is 6.74. The average Bonchev–Trinajstić information content (AvgIpc) is 3.08. The molecule has 0 saturated heterocycles. The second kappa shape index (κ2) is 7.51. The highest BCUT2D eigenvalue weighted by Crippen LogP contribution is 2.44. The molecule has 6 heteroatoms. The first-order valence-corrected chi connectivity index (χ1v) is 8.52. The number of amides is 1. The number of carbonyl (C=O) groups excluding carboxylic acids is 1. The Balaban J connectivity index is 1.79. The summed E-state index contributed by atoms with van der Waals surface area (Å²) in [6, 6.07) is 10.7. The topological polar surface area (TPSA) is 58.6 Å². The molecule has 1 fully saturated rings. The third-order valence-electron chi connectivity index (χ3n) is 5.19. The summed E-state index contributed by atoms with van der Waals surface area (Å²) in [4.78, 5) is 12.5. The Morgan fingerprint density at radius 3 is 2.69 bits per heavy atom. The monoisotopic (exact) mass is 361 g/mol. The van der Waals surface area contributed by atoms with Crippen LogP contribution in [0.25, 0.3) is 0 Å². The van der Waals surface area contributed by atoms with E-state index < -0.39 is 11.3 Å². The van der Waals surface area contributed by atoms with E-state index in [4.69, 9.17) is 4.74 Å². The zero-order chi connectivity index (χ0) is 18.7. The number of hydroxylamine groups is 1. The third kappa shape index (κ3) is 3.48.